The minimum absolute atomic E-state index is 0.303. The quantitative estimate of drug-likeness (QED) is 0.813. The Balaban J connectivity index is 2.29. The summed E-state index contributed by atoms with van der Waals surface area (Å²) in [5, 5.41) is 8.09. The highest BCUT2D eigenvalue weighted by Gasteiger charge is 2.50. The van der Waals surface area contributed by atoms with Crippen LogP contribution in [0.5, 0.6) is 0 Å². The predicted octanol–water partition coefficient (Wildman–Crippen LogP) is 1.09. The second-order valence-electron chi connectivity index (χ2n) is 4.88. The molecule has 3 N–H and O–H groups in total. The lowest BCUT2D eigenvalue weighted by molar-refractivity contribution is -0.126. The van der Waals surface area contributed by atoms with Crippen molar-refractivity contribution in [3.8, 4) is 0 Å². The molecule has 18 heavy (non-hydrogen) atoms. The minimum atomic E-state index is -0.700. The van der Waals surface area contributed by atoms with Crippen LogP contribution in [-0.2, 0) is 11.3 Å². The fourth-order valence-corrected chi connectivity index (χ4v) is 2.55. The van der Waals surface area contributed by atoms with Crippen LogP contribution < -0.4 is 11.1 Å². The highest BCUT2D eigenvalue weighted by atomic mass is 35.5. The molecule has 1 saturated carbocycles. The highest BCUT2D eigenvalue weighted by Crippen LogP contribution is 2.40. The van der Waals surface area contributed by atoms with E-state index in [9.17, 15) is 4.79 Å². The molecule has 1 unspecified atom stereocenters. The number of rotatable bonds is 6. The maximum absolute atomic E-state index is 11.9. The number of carbonyl (C=O) groups is 1. The van der Waals surface area contributed by atoms with Crippen molar-refractivity contribution >= 4 is 17.5 Å². The topological polar surface area (TPSA) is 72.9 Å². The van der Waals surface area contributed by atoms with E-state index in [1.165, 1.54) is 0 Å². The van der Waals surface area contributed by atoms with E-state index < -0.39 is 5.54 Å². The first kappa shape index (κ1) is 13.4. The Hall–Kier alpha value is -1.07. The third-order valence-corrected chi connectivity index (χ3v) is 4.02. The van der Waals surface area contributed by atoms with Gasteiger partial charge in [0.2, 0.25) is 5.91 Å². The standard InChI is InChI=1S/C12H19ClN4O/c1-3-15-12(11(14)18,9-4-5-9)7-17-8(2)10(13)6-16-17/h6,9,15H,3-5,7H2,1-2H3,(H2,14,18). The molecule has 0 bridgehead atoms. The number of carbonyl (C=O) groups excluding carboxylic acids is 1. The molecule has 1 atom stereocenters. The van der Waals surface area contributed by atoms with Gasteiger partial charge >= 0.3 is 0 Å². The van der Waals surface area contributed by atoms with Crippen LogP contribution in [0.1, 0.15) is 25.5 Å². The summed E-state index contributed by atoms with van der Waals surface area (Å²) in [6.07, 6.45) is 3.66. The zero-order chi connectivity index (χ0) is 13.3. The molecule has 0 saturated heterocycles. The lowest BCUT2D eigenvalue weighted by atomic mass is 9.92. The van der Waals surface area contributed by atoms with Gasteiger partial charge in [-0.05, 0) is 32.2 Å². The molecular formula is C12H19ClN4O. The van der Waals surface area contributed by atoms with E-state index in [-0.39, 0.29) is 5.91 Å². The first-order valence-corrected chi connectivity index (χ1v) is 6.62. The van der Waals surface area contributed by atoms with Crippen molar-refractivity contribution in [1.29, 1.82) is 0 Å². The molecule has 6 heteroatoms. The number of aromatic nitrogens is 2. The summed E-state index contributed by atoms with van der Waals surface area (Å²) in [5.74, 6) is -0.00445. The van der Waals surface area contributed by atoms with Crippen LogP contribution in [0.2, 0.25) is 5.02 Å². The van der Waals surface area contributed by atoms with Gasteiger partial charge in [0, 0.05) is 0 Å². The van der Waals surface area contributed by atoms with Crippen molar-refractivity contribution in [2.45, 2.75) is 38.8 Å². The van der Waals surface area contributed by atoms with Crippen molar-refractivity contribution in [1.82, 2.24) is 15.1 Å². The molecule has 0 aromatic carbocycles. The van der Waals surface area contributed by atoms with Gasteiger partial charge in [0.25, 0.3) is 0 Å². The Bertz CT molecular complexity index is 455. The first-order valence-electron chi connectivity index (χ1n) is 6.24. The molecule has 5 nitrogen and oxygen atoms in total. The van der Waals surface area contributed by atoms with Crippen LogP contribution in [0.3, 0.4) is 0 Å². The molecule has 1 amide bonds. The zero-order valence-corrected chi connectivity index (χ0v) is 11.5. The SMILES string of the molecule is CCNC(Cn1ncc(Cl)c1C)(C(N)=O)C1CC1. The first-order chi connectivity index (χ1) is 8.51. The fourth-order valence-electron chi connectivity index (χ4n) is 2.41. The van der Waals surface area contributed by atoms with Crippen molar-refractivity contribution < 1.29 is 4.79 Å². The molecule has 1 heterocycles. The van der Waals surface area contributed by atoms with Gasteiger partial charge in [-0.1, -0.05) is 18.5 Å². The molecule has 1 aromatic heterocycles. The maximum Gasteiger partial charge on any atom is 0.239 e. The van der Waals surface area contributed by atoms with Crippen molar-refractivity contribution in [2.24, 2.45) is 11.7 Å². The molecule has 1 aromatic rings. The van der Waals surface area contributed by atoms with Gasteiger partial charge in [-0.3, -0.25) is 9.48 Å². The van der Waals surface area contributed by atoms with E-state index in [4.69, 9.17) is 17.3 Å². The Kier molecular flexibility index (Phi) is 3.64. The number of nitrogens with two attached hydrogens (primary N) is 1. The summed E-state index contributed by atoms with van der Waals surface area (Å²) < 4.78 is 1.76. The number of amides is 1. The third kappa shape index (κ3) is 2.24. The molecule has 0 aliphatic heterocycles. The van der Waals surface area contributed by atoms with E-state index in [1.54, 1.807) is 10.9 Å². The van der Waals surface area contributed by atoms with Crippen LogP contribution in [0.4, 0.5) is 0 Å². The van der Waals surface area contributed by atoms with Gasteiger partial charge in [0.15, 0.2) is 0 Å². The van der Waals surface area contributed by atoms with E-state index in [1.807, 2.05) is 13.8 Å². The molecule has 2 rings (SSSR count). The van der Waals surface area contributed by atoms with Crippen molar-refractivity contribution in [2.75, 3.05) is 6.54 Å². The largest absolute Gasteiger partial charge is 0.368 e. The number of hydrogen-bond donors (Lipinski definition) is 2. The van der Waals surface area contributed by atoms with Crippen LogP contribution in [0.25, 0.3) is 0 Å². The summed E-state index contributed by atoms with van der Waals surface area (Å²) in [5.41, 5.74) is 5.79. The number of halogens is 1. The minimum Gasteiger partial charge on any atom is -0.368 e. The number of nitrogens with zero attached hydrogens (tertiary/aromatic N) is 2. The third-order valence-electron chi connectivity index (χ3n) is 3.65. The second kappa shape index (κ2) is 4.90. The van der Waals surface area contributed by atoms with Crippen LogP contribution in [0.15, 0.2) is 6.20 Å². The van der Waals surface area contributed by atoms with Gasteiger partial charge in [-0.25, -0.2) is 0 Å². The molecule has 1 aliphatic rings. The molecule has 0 radical (unpaired) electrons. The number of likely N-dealkylation sites (N-methyl/N-ethyl adjacent to an activating group) is 1. The number of nitrogens with one attached hydrogen (secondary N) is 1. The summed E-state index contributed by atoms with van der Waals surface area (Å²) in [4.78, 5) is 11.9. The van der Waals surface area contributed by atoms with Crippen molar-refractivity contribution in [3.05, 3.63) is 16.9 Å². The van der Waals surface area contributed by atoms with E-state index in [0.717, 1.165) is 18.5 Å². The predicted molar refractivity (Wildman–Crippen MR) is 70.3 cm³/mol. The van der Waals surface area contributed by atoms with E-state index >= 15 is 0 Å². The van der Waals surface area contributed by atoms with Crippen molar-refractivity contribution in [3.63, 3.8) is 0 Å². The van der Waals surface area contributed by atoms with E-state index in [0.29, 0.717) is 24.0 Å². The van der Waals surface area contributed by atoms with Crippen LogP contribution in [-0.4, -0.2) is 27.8 Å². The Morgan fingerprint density at radius 1 is 1.72 bits per heavy atom. The summed E-state index contributed by atoms with van der Waals surface area (Å²) >= 11 is 5.99. The summed E-state index contributed by atoms with van der Waals surface area (Å²) in [6, 6.07) is 0. The Labute approximate surface area is 112 Å². The molecule has 1 fully saturated rings. The number of hydrogen-bond acceptors (Lipinski definition) is 3. The Morgan fingerprint density at radius 2 is 2.39 bits per heavy atom. The average Bonchev–Trinajstić information content (AvgIpc) is 3.11. The molecular weight excluding hydrogens is 252 g/mol. The lowest BCUT2D eigenvalue weighted by Gasteiger charge is -2.32. The fraction of sp³-hybridized carbons (Fsp3) is 0.667. The van der Waals surface area contributed by atoms with Gasteiger partial charge in [0.1, 0.15) is 5.54 Å². The lowest BCUT2D eigenvalue weighted by Crippen LogP contribution is -2.60. The van der Waals surface area contributed by atoms with E-state index in [2.05, 4.69) is 10.4 Å². The normalized spacial score (nSPS) is 18.6. The zero-order valence-electron chi connectivity index (χ0n) is 10.7. The maximum atomic E-state index is 11.9. The average molecular weight is 271 g/mol. The van der Waals surface area contributed by atoms with Gasteiger partial charge < -0.3 is 11.1 Å². The number of primary amides is 1. The Morgan fingerprint density at radius 3 is 2.78 bits per heavy atom. The highest BCUT2D eigenvalue weighted by molar-refractivity contribution is 6.31. The van der Waals surface area contributed by atoms with Gasteiger partial charge in [-0.15, -0.1) is 0 Å². The second-order valence-corrected chi connectivity index (χ2v) is 5.28. The monoisotopic (exact) mass is 270 g/mol. The summed E-state index contributed by atoms with van der Waals surface area (Å²) in [6.45, 7) is 5.01. The molecule has 1 aliphatic carbocycles. The molecule has 0 spiro atoms. The summed E-state index contributed by atoms with van der Waals surface area (Å²) in [7, 11) is 0. The smallest absolute Gasteiger partial charge is 0.239 e. The van der Waals surface area contributed by atoms with Crippen LogP contribution >= 0.6 is 11.6 Å². The van der Waals surface area contributed by atoms with Gasteiger partial charge in [-0.2, -0.15) is 5.10 Å². The van der Waals surface area contributed by atoms with Crippen LogP contribution in [0, 0.1) is 12.8 Å². The molecule has 100 valence electrons. The van der Waals surface area contributed by atoms with Gasteiger partial charge in [0.05, 0.1) is 23.5 Å².